The lowest BCUT2D eigenvalue weighted by molar-refractivity contribution is -0.131. The van der Waals surface area contributed by atoms with Crippen LogP contribution in [0.4, 0.5) is 0 Å². The lowest BCUT2D eigenvalue weighted by Crippen LogP contribution is -2.42. The molecule has 6 heteroatoms. The van der Waals surface area contributed by atoms with Crippen molar-refractivity contribution in [2.24, 2.45) is 5.92 Å². The monoisotopic (exact) mass is 400 g/mol. The van der Waals surface area contributed by atoms with Gasteiger partial charge in [0.05, 0.1) is 19.1 Å². The first-order valence-corrected chi connectivity index (χ1v) is 11.1. The van der Waals surface area contributed by atoms with Crippen molar-refractivity contribution in [2.75, 3.05) is 52.4 Å². The Labute approximate surface area is 175 Å². The summed E-state index contributed by atoms with van der Waals surface area (Å²) in [7, 11) is 0. The lowest BCUT2D eigenvalue weighted by atomic mass is 9.96. The minimum atomic E-state index is 0.0326. The third kappa shape index (κ3) is 6.54. The van der Waals surface area contributed by atoms with Crippen molar-refractivity contribution < 1.29 is 9.59 Å². The molecule has 0 aromatic heterocycles. The van der Waals surface area contributed by atoms with E-state index >= 15 is 0 Å². The highest BCUT2D eigenvalue weighted by Gasteiger charge is 2.24. The fraction of sp³-hybridized carbons (Fsp3) is 0.652. The van der Waals surface area contributed by atoms with Crippen molar-refractivity contribution >= 4 is 11.8 Å². The van der Waals surface area contributed by atoms with Gasteiger partial charge in [0.2, 0.25) is 11.8 Å². The van der Waals surface area contributed by atoms with Crippen LogP contribution in [-0.2, 0) is 9.59 Å². The molecule has 1 unspecified atom stereocenters. The molecule has 2 aliphatic heterocycles. The predicted octanol–water partition coefficient (Wildman–Crippen LogP) is 2.13. The van der Waals surface area contributed by atoms with Crippen molar-refractivity contribution in [1.82, 2.24) is 20.0 Å². The van der Waals surface area contributed by atoms with Crippen LogP contribution in [0.25, 0.3) is 0 Å². The van der Waals surface area contributed by atoms with E-state index in [0.717, 1.165) is 64.1 Å². The zero-order valence-electron chi connectivity index (χ0n) is 18.0. The first kappa shape index (κ1) is 21.8. The van der Waals surface area contributed by atoms with Gasteiger partial charge in [-0.2, -0.15) is 0 Å². The molecule has 160 valence electrons. The maximum atomic E-state index is 12.7. The van der Waals surface area contributed by atoms with Gasteiger partial charge < -0.3 is 10.2 Å². The Kier molecular flexibility index (Phi) is 8.07. The predicted molar refractivity (Wildman–Crippen MR) is 115 cm³/mol. The molecule has 1 atom stereocenters. The number of hydrogen-bond acceptors (Lipinski definition) is 4. The molecule has 2 saturated heterocycles. The quantitative estimate of drug-likeness (QED) is 0.762. The van der Waals surface area contributed by atoms with Gasteiger partial charge in [0.1, 0.15) is 0 Å². The zero-order valence-corrected chi connectivity index (χ0v) is 18.0. The van der Waals surface area contributed by atoms with E-state index in [0.29, 0.717) is 19.0 Å². The number of nitrogens with zero attached hydrogens (tertiary/aromatic N) is 3. The van der Waals surface area contributed by atoms with E-state index in [-0.39, 0.29) is 17.9 Å². The average Bonchev–Trinajstić information content (AvgIpc) is 3.17. The molecule has 0 spiro atoms. The molecule has 2 amide bonds. The summed E-state index contributed by atoms with van der Waals surface area (Å²) in [6.45, 7) is 10.5. The largest absolute Gasteiger partial charge is 0.348 e. The molecule has 2 heterocycles. The van der Waals surface area contributed by atoms with Crippen molar-refractivity contribution in [3.8, 4) is 0 Å². The van der Waals surface area contributed by atoms with Crippen LogP contribution in [0.15, 0.2) is 30.3 Å². The Hall–Kier alpha value is -1.92. The van der Waals surface area contributed by atoms with Crippen molar-refractivity contribution in [3.63, 3.8) is 0 Å². The van der Waals surface area contributed by atoms with Gasteiger partial charge in [-0.05, 0) is 43.8 Å². The molecule has 0 saturated carbocycles. The average molecular weight is 401 g/mol. The first-order chi connectivity index (χ1) is 14.0. The number of nitrogens with one attached hydrogen (secondary N) is 1. The summed E-state index contributed by atoms with van der Waals surface area (Å²) in [5.41, 5.74) is 1.15. The van der Waals surface area contributed by atoms with E-state index in [1.54, 1.807) is 0 Å². The second-order valence-electron chi connectivity index (χ2n) is 8.69. The highest BCUT2D eigenvalue weighted by molar-refractivity contribution is 5.79. The fourth-order valence-electron chi connectivity index (χ4n) is 4.32. The van der Waals surface area contributed by atoms with Crippen molar-refractivity contribution in [2.45, 2.75) is 39.2 Å². The molecule has 2 fully saturated rings. The molecule has 0 radical (unpaired) electrons. The van der Waals surface area contributed by atoms with Crippen LogP contribution < -0.4 is 5.32 Å². The molecule has 1 aromatic rings. The zero-order chi connectivity index (χ0) is 20.6. The van der Waals surface area contributed by atoms with Gasteiger partial charge in [-0.1, -0.05) is 44.2 Å². The highest BCUT2D eigenvalue weighted by atomic mass is 16.2. The number of carbonyl (C=O) groups excluding carboxylic acids is 2. The van der Waals surface area contributed by atoms with E-state index in [4.69, 9.17) is 0 Å². The maximum absolute atomic E-state index is 12.7. The minimum Gasteiger partial charge on any atom is -0.348 e. The SMILES string of the molecule is CC(C)C(NC(=O)CN1CCCN(CC(=O)N2CCCC2)CC1)c1ccccc1. The molecule has 0 aliphatic carbocycles. The number of amides is 2. The normalized spacial score (nSPS) is 19.9. The lowest BCUT2D eigenvalue weighted by Gasteiger charge is -2.26. The van der Waals surface area contributed by atoms with Crippen LogP contribution >= 0.6 is 0 Å². The van der Waals surface area contributed by atoms with Crippen LogP contribution in [0.1, 0.15) is 44.7 Å². The van der Waals surface area contributed by atoms with Crippen molar-refractivity contribution in [1.29, 1.82) is 0 Å². The Morgan fingerprint density at radius 1 is 0.862 bits per heavy atom. The minimum absolute atomic E-state index is 0.0326. The summed E-state index contributed by atoms with van der Waals surface area (Å²) in [6, 6.07) is 10.2. The molecule has 0 bridgehead atoms. The van der Waals surface area contributed by atoms with E-state index in [9.17, 15) is 9.59 Å². The topological polar surface area (TPSA) is 55.9 Å². The Balaban J connectivity index is 1.46. The maximum Gasteiger partial charge on any atom is 0.236 e. The molecule has 2 aliphatic rings. The Bertz CT molecular complexity index is 658. The summed E-state index contributed by atoms with van der Waals surface area (Å²) in [4.78, 5) is 31.6. The number of carbonyl (C=O) groups is 2. The summed E-state index contributed by atoms with van der Waals surface area (Å²) in [6.07, 6.45) is 3.26. The summed E-state index contributed by atoms with van der Waals surface area (Å²) in [5.74, 6) is 0.669. The van der Waals surface area contributed by atoms with Crippen LogP contribution in [0.3, 0.4) is 0 Å². The molecule has 1 aromatic carbocycles. The summed E-state index contributed by atoms with van der Waals surface area (Å²) in [5, 5.41) is 3.23. The van der Waals surface area contributed by atoms with Gasteiger partial charge >= 0.3 is 0 Å². The van der Waals surface area contributed by atoms with Crippen LogP contribution in [0, 0.1) is 5.92 Å². The van der Waals surface area contributed by atoms with Gasteiger partial charge in [-0.25, -0.2) is 0 Å². The van der Waals surface area contributed by atoms with Gasteiger partial charge in [-0.3, -0.25) is 19.4 Å². The van der Waals surface area contributed by atoms with E-state index < -0.39 is 0 Å². The molecular weight excluding hydrogens is 364 g/mol. The number of benzene rings is 1. The molecule has 1 N–H and O–H groups in total. The third-order valence-corrected chi connectivity index (χ3v) is 6.01. The molecular formula is C23H36N4O2. The Morgan fingerprint density at radius 2 is 1.48 bits per heavy atom. The summed E-state index contributed by atoms with van der Waals surface area (Å²) >= 11 is 0. The van der Waals surface area contributed by atoms with Gasteiger partial charge in [-0.15, -0.1) is 0 Å². The van der Waals surface area contributed by atoms with Crippen LogP contribution in [0.2, 0.25) is 0 Å². The summed E-state index contributed by atoms with van der Waals surface area (Å²) < 4.78 is 0. The number of likely N-dealkylation sites (tertiary alicyclic amines) is 1. The first-order valence-electron chi connectivity index (χ1n) is 11.1. The van der Waals surface area contributed by atoms with E-state index in [1.165, 1.54) is 0 Å². The highest BCUT2D eigenvalue weighted by Crippen LogP contribution is 2.21. The van der Waals surface area contributed by atoms with Gasteiger partial charge in [0.25, 0.3) is 0 Å². The van der Waals surface area contributed by atoms with Crippen LogP contribution in [-0.4, -0.2) is 78.9 Å². The fourth-order valence-corrected chi connectivity index (χ4v) is 4.32. The second-order valence-corrected chi connectivity index (χ2v) is 8.69. The standard InChI is InChI=1S/C23H36N4O2/c1-19(2)23(20-9-4-3-5-10-20)24-21(28)17-25-11-8-12-26(16-15-25)18-22(29)27-13-6-7-14-27/h3-5,9-10,19,23H,6-8,11-18H2,1-2H3,(H,24,28). The smallest absolute Gasteiger partial charge is 0.236 e. The van der Waals surface area contributed by atoms with Gasteiger partial charge in [0.15, 0.2) is 0 Å². The Morgan fingerprint density at radius 3 is 2.10 bits per heavy atom. The third-order valence-electron chi connectivity index (χ3n) is 6.01. The number of hydrogen-bond donors (Lipinski definition) is 1. The van der Waals surface area contributed by atoms with Gasteiger partial charge in [0, 0.05) is 26.2 Å². The molecule has 3 rings (SSSR count). The number of rotatable bonds is 7. The molecule has 6 nitrogen and oxygen atoms in total. The van der Waals surface area contributed by atoms with E-state index in [1.807, 2.05) is 23.1 Å². The van der Waals surface area contributed by atoms with Crippen LogP contribution in [0.5, 0.6) is 0 Å². The van der Waals surface area contributed by atoms with E-state index in [2.05, 4.69) is 41.1 Å². The second kappa shape index (κ2) is 10.7. The van der Waals surface area contributed by atoms with Crippen molar-refractivity contribution in [3.05, 3.63) is 35.9 Å². The molecule has 29 heavy (non-hydrogen) atoms.